The highest BCUT2D eigenvalue weighted by atomic mass is 16.5. The number of carbonyl (C=O) groups excluding carboxylic acids is 2. The minimum atomic E-state index is -1.87. The zero-order valence-electron chi connectivity index (χ0n) is 19.4. The molecule has 0 saturated heterocycles. The van der Waals surface area contributed by atoms with Crippen molar-refractivity contribution in [3.05, 3.63) is 89.0 Å². The second-order valence-electron chi connectivity index (χ2n) is 8.75. The molecule has 0 bridgehead atoms. The topological polar surface area (TPSA) is 125 Å². The van der Waals surface area contributed by atoms with E-state index in [1.165, 1.54) is 13.0 Å². The fourth-order valence-corrected chi connectivity index (χ4v) is 4.18. The molecule has 0 heterocycles. The van der Waals surface area contributed by atoms with Crippen LogP contribution in [0.15, 0.2) is 66.7 Å². The van der Waals surface area contributed by atoms with Gasteiger partial charge >= 0.3 is 12.1 Å². The Kier molecular flexibility index (Phi) is 6.57. The lowest BCUT2D eigenvalue weighted by Crippen LogP contribution is -2.55. The average molecular weight is 475 g/mol. The number of anilines is 1. The number of amides is 2. The van der Waals surface area contributed by atoms with Gasteiger partial charge in [-0.25, -0.2) is 9.59 Å². The molecule has 1 atom stereocenters. The number of carboxylic acids is 1. The number of aliphatic hydroxyl groups is 1. The van der Waals surface area contributed by atoms with Crippen molar-refractivity contribution in [3.8, 4) is 11.1 Å². The van der Waals surface area contributed by atoms with Crippen molar-refractivity contribution in [3.63, 3.8) is 0 Å². The SMILES string of the molecule is Cc1ccc(NC(=O)OCC2c3ccccc3-c3ccccc32)c(C(=O)NC(C)(CO)C(=O)O)c1. The Hall–Kier alpha value is -4.17. The summed E-state index contributed by atoms with van der Waals surface area (Å²) in [4.78, 5) is 37.0. The van der Waals surface area contributed by atoms with E-state index in [1.54, 1.807) is 19.1 Å². The molecule has 0 saturated carbocycles. The molecule has 0 fully saturated rings. The molecule has 2 amide bonds. The van der Waals surface area contributed by atoms with Gasteiger partial charge in [0.1, 0.15) is 6.61 Å². The molecule has 35 heavy (non-hydrogen) atoms. The summed E-state index contributed by atoms with van der Waals surface area (Å²) in [5, 5.41) is 23.7. The van der Waals surface area contributed by atoms with Gasteiger partial charge in [0.2, 0.25) is 0 Å². The molecule has 3 aromatic carbocycles. The van der Waals surface area contributed by atoms with Gasteiger partial charge < -0.3 is 20.3 Å². The van der Waals surface area contributed by atoms with Crippen molar-refractivity contribution >= 4 is 23.7 Å². The summed E-state index contributed by atoms with van der Waals surface area (Å²) in [6.45, 7) is 2.27. The smallest absolute Gasteiger partial charge is 0.411 e. The van der Waals surface area contributed by atoms with E-state index < -0.39 is 30.1 Å². The molecule has 8 heteroatoms. The highest BCUT2D eigenvalue weighted by Gasteiger charge is 2.35. The molecule has 1 aliphatic rings. The third kappa shape index (κ3) is 4.74. The number of hydrogen-bond donors (Lipinski definition) is 4. The van der Waals surface area contributed by atoms with Gasteiger partial charge in [0, 0.05) is 5.92 Å². The molecule has 4 rings (SSSR count). The number of aliphatic carboxylic acids is 1. The third-order valence-electron chi connectivity index (χ3n) is 6.18. The summed E-state index contributed by atoms with van der Waals surface area (Å²) >= 11 is 0. The van der Waals surface area contributed by atoms with E-state index in [0.717, 1.165) is 27.8 Å². The molecule has 0 spiro atoms. The van der Waals surface area contributed by atoms with Gasteiger partial charge in [-0.1, -0.05) is 60.2 Å². The maximum absolute atomic E-state index is 12.8. The fourth-order valence-electron chi connectivity index (χ4n) is 4.18. The van der Waals surface area contributed by atoms with Crippen molar-refractivity contribution in [2.75, 3.05) is 18.5 Å². The zero-order valence-corrected chi connectivity index (χ0v) is 19.4. The lowest BCUT2D eigenvalue weighted by atomic mass is 9.98. The fraction of sp³-hybridized carbons (Fsp3) is 0.222. The number of carboxylic acid groups (broad SMARTS) is 1. The number of aryl methyl sites for hydroxylation is 1. The number of fused-ring (bicyclic) bond motifs is 3. The van der Waals surface area contributed by atoms with Crippen LogP contribution in [-0.2, 0) is 9.53 Å². The molecule has 0 aliphatic heterocycles. The molecule has 0 radical (unpaired) electrons. The van der Waals surface area contributed by atoms with E-state index in [9.17, 15) is 24.6 Å². The van der Waals surface area contributed by atoms with E-state index in [1.807, 2.05) is 48.5 Å². The van der Waals surface area contributed by atoms with Crippen molar-refractivity contribution in [1.82, 2.24) is 5.32 Å². The van der Waals surface area contributed by atoms with E-state index in [-0.39, 0.29) is 23.8 Å². The second-order valence-corrected chi connectivity index (χ2v) is 8.75. The molecule has 4 N–H and O–H groups in total. The van der Waals surface area contributed by atoms with Crippen LogP contribution in [0.1, 0.15) is 39.9 Å². The summed E-state index contributed by atoms with van der Waals surface area (Å²) in [6, 6.07) is 20.7. The Balaban J connectivity index is 1.50. The molecular formula is C27H26N2O6. The summed E-state index contributed by atoms with van der Waals surface area (Å²) in [5.74, 6) is -2.25. The maximum atomic E-state index is 12.8. The van der Waals surface area contributed by atoms with Crippen LogP contribution in [0.4, 0.5) is 10.5 Å². The molecule has 8 nitrogen and oxygen atoms in total. The first kappa shape index (κ1) is 24.0. The molecular weight excluding hydrogens is 448 g/mol. The van der Waals surface area contributed by atoms with Crippen molar-refractivity contribution in [2.45, 2.75) is 25.3 Å². The van der Waals surface area contributed by atoms with Gasteiger partial charge in [-0.05, 0) is 48.2 Å². The van der Waals surface area contributed by atoms with Crippen LogP contribution in [0, 0.1) is 6.92 Å². The maximum Gasteiger partial charge on any atom is 0.411 e. The number of rotatable bonds is 7. The van der Waals surface area contributed by atoms with Crippen LogP contribution in [0.5, 0.6) is 0 Å². The summed E-state index contributed by atoms with van der Waals surface area (Å²) in [6.07, 6.45) is -0.743. The highest BCUT2D eigenvalue weighted by Crippen LogP contribution is 2.44. The summed E-state index contributed by atoms with van der Waals surface area (Å²) in [7, 11) is 0. The van der Waals surface area contributed by atoms with Crippen LogP contribution in [0.2, 0.25) is 0 Å². The minimum absolute atomic E-state index is 0.0550. The van der Waals surface area contributed by atoms with Crippen molar-refractivity contribution < 1.29 is 29.3 Å². The van der Waals surface area contributed by atoms with E-state index >= 15 is 0 Å². The van der Waals surface area contributed by atoms with Crippen molar-refractivity contribution in [2.24, 2.45) is 0 Å². The number of nitrogens with one attached hydrogen (secondary N) is 2. The predicted octanol–water partition coefficient (Wildman–Crippen LogP) is 3.92. The Labute approximate surface area is 202 Å². The van der Waals surface area contributed by atoms with Gasteiger partial charge in [0.15, 0.2) is 5.54 Å². The van der Waals surface area contributed by atoms with Crippen LogP contribution >= 0.6 is 0 Å². The second kappa shape index (κ2) is 9.60. The largest absolute Gasteiger partial charge is 0.479 e. The normalized spacial score (nSPS) is 13.8. The first-order valence-electron chi connectivity index (χ1n) is 11.1. The van der Waals surface area contributed by atoms with E-state index in [4.69, 9.17) is 4.74 Å². The van der Waals surface area contributed by atoms with E-state index in [0.29, 0.717) is 0 Å². The molecule has 180 valence electrons. The van der Waals surface area contributed by atoms with Gasteiger partial charge in [0.25, 0.3) is 5.91 Å². The predicted molar refractivity (Wildman–Crippen MR) is 130 cm³/mol. The number of aliphatic hydroxyl groups excluding tert-OH is 1. The number of hydrogen-bond acceptors (Lipinski definition) is 5. The lowest BCUT2D eigenvalue weighted by molar-refractivity contribution is -0.145. The minimum Gasteiger partial charge on any atom is -0.479 e. The monoisotopic (exact) mass is 474 g/mol. The number of ether oxygens (including phenoxy) is 1. The standard InChI is InChI=1S/C27H26N2O6/c1-16-11-12-23(21(13-16)24(31)29-27(2,15-30)25(32)33)28-26(34)35-14-22-19-9-5-3-7-17(19)18-8-4-6-10-20(18)22/h3-13,22,30H,14-15H2,1-2H3,(H,28,34)(H,29,31)(H,32,33). The molecule has 3 aromatic rings. The van der Waals surface area contributed by atoms with Gasteiger partial charge in [0.05, 0.1) is 17.9 Å². The third-order valence-corrected chi connectivity index (χ3v) is 6.18. The van der Waals surface area contributed by atoms with Crippen LogP contribution in [-0.4, -0.2) is 46.9 Å². The molecule has 1 unspecified atom stereocenters. The van der Waals surface area contributed by atoms with Crippen LogP contribution in [0.3, 0.4) is 0 Å². The quantitative estimate of drug-likeness (QED) is 0.411. The van der Waals surface area contributed by atoms with Gasteiger partial charge in [-0.3, -0.25) is 10.1 Å². The summed E-state index contributed by atoms with van der Waals surface area (Å²) < 4.78 is 5.55. The Morgan fingerprint density at radius 1 is 0.971 bits per heavy atom. The zero-order chi connectivity index (χ0) is 25.2. The van der Waals surface area contributed by atoms with E-state index in [2.05, 4.69) is 10.6 Å². The number of benzene rings is 3. The molecule has 1 aliphatic carbocycles. The first-order chi connectivity index (χ1) is 16.7. The Bertz CT molecular complexity index is 1260. The van der Waals surface area contributed by atoms with Gasteiger partial charge in [-0.2, -0.15) is 0 Å². The number of carbonyl (C=O) groups is 3. The van der Waals surface area contributed by atoms with Crippen molar-refractivity contribution in [1.29, 1.82) is 0 Å². The average Bonchev–Trinajstić information content (AvgIpc) is 3.17. The van der Waals surface area contributed by atoms with Gasteiger partial charge in [-0.15, -0.1) is 0 Å². The first-order valence-corrected chi connectivity index (χ1v) is 11.1. The summed E-state index contributed by atoms with van der Waals surface area (Å²) in [5.41, 5.74) is 3.45. The van der Waals surface area contributed by atoms with Crippen LogP contribution < -0.4 is 10.6 Å². The Morgan fingerprint density at radius 3 is 2.14 bits per heavy atom. The van der Waals surface area contributed by atoms with Crippen LogP contribution in [0.25, 0.3) is 11.1 Å². The molecule has 0 aromatic heterocycles. The highest BCUT2D eigenvalue weighted by molar-refractivity contribution is 6.04. The lowest BCUT2D eigenvalue weighted by Gasteiger charge is -2.24. The Morgan fingerprint density at radius 2 is 1.57 bits per heavy atom.